The number of nitrogens with two attached hydrogens (primary N) is 1. The molecule has 0 aliphatic rings. The van der Waals surface area contributed by atoms with Crippen molar-refractivity contribution < 1.29 is 18.8 Å². The second kappa shape index (κ2) is 5.49. The zero-order valence-corrected chi connectivity index (χ0v) is 12.0. The van der Waals surface area contributed by atoms with Crippen molar-refractivity contribution in [2.45, 2.75) is 6.92 Å². The van der Waals surface area contributed by atoms with Gasteiger partial charge in [0.25, 0.3) is 5.69 Å². The first-order valence-corrected chi connectivity index (χ1v) is 6.60. The van der Waals surface area contributed by atoms with Crippen molar-refractivity contribution >= 4 is 28.7 Å². The zero-order chi connectivity index (χ0) is 15.7. The summed E-state index contributed by atoms with van der Waals surface area (Å²) >= 11 is 0.991. The van der Waals surface area contributed by atoms with Crippen molar-refractivity contribution in [3.8, 4) is 10.4 Å². The molecule has 0 radical (unpaired) electrons. The molecule has 2 rings (SSSR count). The summed E-state index contributed by atoms with van der Waals surface area (Å²) in [6.07, 6.45) is 0. The Morgan fingerprint density at radius 2 is 2.14 bits per heavy atom. The smallest absolute Gasteiger partial charge is 0.350 e. The molecular weight excluding hydrogens is 299 g/mol. The molecule has 1 heterocycles. The highest BCUT2D eigenvalue weighted by molar-refractivity contribution is 7.18. The number of methoxy groups -OCH3 is 1. The number of benzene rings is 1. The minimum absolute atomic E-state index is 0.157. The van der Waals surface area contributed by atoms with Gasteiger partial charge in [-0.1, -0.05) is 0 Å². The van der Waals surface area contributed by atoms with Crippen LogP contribution in [0.25, 0.3) is 10.4 Å². The monoisotopic (exact) mass is 310 g/mol. The summed E-state index contributed by atoms with van der Waals surface area (Å²) in [6, 6.07) is 3.33. The van der Waals surface area contributed by atoms with E-state index >= 15 is 0 Å². The molecule has 0 bridgehead atoms. The van der Waals surface area contributed by atoms with Crippen molar-refractivity contribution in [1.82, 2.24) is 0 Å². The molecule has 8 heteroatoms. The highest BCUT2D eigenvalue weighted by atomic mass is 32.1. The molecule has 1 aromatic carbocycles. The Morgan fingerprint density at radius 1 is 1.48 bits per heavy atom. The van der Waals surface area contributed by atoms with Crippen molar-refractivity contribution in [2.24, 2.45) is 0 Å². The van der Waals surface area contributed by atoms with Gasteiger partial charge in [0.15, 0.2) is 0 Å². The number of nitrogen functional groups attached to an aromatic ring is 1. The molecule has 0 amide bonds. The van der Waals surface area contributed by atoms with E-state index in [1.54, 1.807) is 6.92 Å². The van der Waals surface area contributed by atoms with Gasteiger partial charge < -0.3 is 10.5 Å². The van der Waals surface area contributed by atoms with E-state index in [2.05, 4.69) is 4.74 Å². The van der Waals surface area contributed by atoms with Gasteiger partial charge in [0, 0.05) is 16.5 Å². The van der Waals surface area contributed by atoms with E-state index in [1.165, 1.54) is 19.2 Å². The number of thiophene rings is 1. The molecule has 21 heavy (non-hydrogen) atoms. The summed E-state index contributed by atoms with van der Waals surface area (Å²) in [7, 11) is 1.23. The maximum Gasteiger partial charge on any atom is 0.350 e. The lowest BCUT2D eigenvalue weighted by Gasteiger charge is -2.02. The van der Waals surface area contributed by atoms with Crippen molar-refractivity contribution in [2.75, 3.05) is 12.8 Å². The molecule has 0 saturated carbocycles. The molecule has 0 aliphatic heterocycles. The summed E-state index contributed by atoms with van der Waals surface area (Å²) in [5.74, 6) is -1.35. The van der Waals surface area contributed by atoms with Crippen LogP contribution in [0.15, 0.2) is 18.2 Å². The highest BCUT2D eigenvalue weighted by Gasteiger charge is 2.22. The third kappa shape index (κ3) is 2.57. The number of carbonyl (C=O) groups is 1. The molecule has 0 aliphatic carbocycles. The maximum atomic E-state index is 14.0. The summed E-state index contributed by atoms with van der Waals surface area (Å²) in [6.45, 7) is 1.65. The quantitative estimate of drug-likeness (QED) is 0.534. The first-order chi connectivity index (χ1) is 9.86. The number of rotatable bonds is 3. The number of anilines is 1. The molecule has 6 nitrogen and oxygen atoms in total. The second-order valence-corrected chi connectivity index (χ2v) is 5.23. The lowest BCUT2D eigenvalue weighted by molar-refractivity contribution is -0.385. The number of nitrogens with zero attached hydrogens (tertiary/aromatic N) is 1. The number of nitro benzene ring substituents is 1. The lowest BCUT2D eigenvalue weighted by Crippen LogP contribution is -2.01. The van der Waals surface area contributed by atoms with Gasteiger partial charge in [-0.2, -0.15) is 0 Å². The second-order valence-electron chi connectivity index (χ2n) is 4.21. The minimum Gasteiger partial charge on any atom is -0.465 e. The highest BCUT2D eigenvalue weighted by Crippen LogP contribution is 2.40. The number of carbonyl (C=O) groups excluding carboxylic acids is 1. The number of nitro groups is 1. The number of hydrogen-bond donors (Lipinski definition) is 1. The van der Waals surface area contributed by atoms with Crippen LogP contribution < -0.4 is 5.73 Å². The Labute approximate surface area is 123 Å². The molecule has 0 atom stereocenters. The Balaban J connectivity index is 2.57. The standard InChI is InChI=1S/C13H11FN2O4S/c1-6-10(15)12(13(17)20-2)21-11(6)8-4-3-7(16(18)19)5-9(8)14/h3-5H,15H2,1-2H3. The average Bonchev–Trinajstić information content (AvgIpc) is 2.74. The van der Waals surface area contributed by atoms with Crippen LogP contribution in [0.5, 0.6) is 0 Å². The number of ether oxygens (including phenoxy) is 1. The molecule has 0 saturated heterocycles. The largest absolute Gasteiger partial charge is 0.465 e. The summed E-state index contributed by atoms with van der Waals surface area (Å²) < 4.78 is 18.7. The van der Waals surface area contributed by atoms with Gasteiger partial charge in [-0.3, -0.25) is 10.1 Å². The molecular formula is C13H11FN2O4S. The molecule has 2 N–H and O–H groups in total. The number of esters is 1. The maximum absolute atomic E-state index is 14.0. The van der Waals surface area contributed by atoms with Gasteiger partial charge >= 0.3 is 5.97 Å². The first kappa shape index (κ1) is 14.9. The van der Waals surface area contributed by atoms with Crippen LogP contribution in [0.3, 0.4) is 0 Å². The molecule has 0 fully saturated rings. The average molecular weight is 310 g/mol. The molecule has 2 aromatic rings. The fourth-order valence-electron chi connectivity index (χ4n) is 1.83. The van der Waals surface area contributed by atoms with Crippen molar-refractivity contribution in [3.05, 3.63) is 44.6 Å². The number of non-ortho nitro benzene ring substituents is 1. The van der Waals surface area contributed by atoms with Gasteiger partial charge in [0.1, 0.15) is 10.7 Å². The molecule has 0 spiro atoms. The van der Waals surface area contributed by atoms with E-state index in [0.717, 1.165) is 17.4 Å². The fraction of sp³-hybridized carbons (Fsp3) is 0.154. The Bertz CT molecular complexity index is 742. The zero-order valence-electron chi connectivity index (χ0n) is 11.2. The normalized spacial score (nSPS) is 10.4. The van der Waals surface area contributed by atoms with Gasteiger partial charge in [-0.25, -0.2) is 9.18 Å². The topological polar surface area (TPSA) is 95.5 Å². The van der Waals surface area contributed by atoms with E-state index in [0.29, 0.717) is 10.4 Å². The van der Waals surface area contributed by atoms with E-state index in [9.17, 15) is 19.3 Å². The lowest BCUT2D eigenvalue weighted by atomic mass is 10.1. The van der Waals surface area contributed by atoms with Crippen LogP contribution >= 0.6 is 11.3 Å². The Morgan fingerprint density at radius 3 is 2.67 bits per heavy atom. The Hall–Kier alpha value is -2.48. The third-order valence-corrected chi connectivity index (χ3v) is 4.29. The predicted octanol–water partition coefficient (Wildman–Crippen LogP) is 3.14. The molecule has 110 valence electrons. The van der Waals surface area contributed by atoms with Gasteiger partial charge in [-0.05, 0) is 18.6 Å². The summed E-state index contributed by atoms with van der Waals surface area (Å²) in [5.41, 5.74) is 6.40. The first-order valence-electron chi connectivity index (χ1n) is 5.78. The molecule has 0 unspecified atom stereocenters. The van der Waals surface area contributed by atoms with Crippen LogP contribution in [0.2, 0.25) is 0 Å². The van der Waals surface area contributed by atoms with Crippen LogP contribution in [0.1, 0.15) is 15.2 Å². The van der Waals surface area contributed by atoms with Gasteiger partial charge in [0.05, 0.1) is 23.8 Å². The van der Waals surface area contributed by atoms with E-state index in [-0.39, 0.29) is 21.8 Å². The van der Waals surface area contributed by atoms with Crippen LogP contribution in [-0.2, 0) is 4.74 Å². The fourth-order valence-corrected chi connectivity index (χ4v) is 3.00. The predicted molar refractivity (Wildman–Crippen MR) is 76.9 cm³/mol. The summed E-state index contributed by atoms with van der Waals surface area (Å²) in [5, 5.41) is 10.6. The number of halogens is 1. The Kier molecular flexibility index (Phi) is 3.90. The van der Waals surface area contributed by atoms with E-state index < -0.39 is 16.7 Å². The number of hydrogen-bond acceptors (Lipinski definition) is 6. The SMILES string of the molecule is COC(=O)c1sc(-c2ccc([N+](=O)[O-])cc2F)c(C)c1N. The molecule has 1 aromatic heterocycles. The minimum atomic E-state index is -0.745. The van der Waals surface area contributed by atoms with Gasteiger partial charge in [0.2, 0.25) is 0 Å². The van der Waals surface area contributed by atoms with Crippen molar-refractivity contribution in [3.63, 3.8) is 0 Å². The summed E-state index contributed by atoms with van der Waals surface area (Å²) in [4.78, 5) is 22.1. The van der Waals surface area contributed by atoms with E-state index in [4.69, 9.17) is 5.73 Å². The van der Waals surface area contributed by atoms with Crippen LogP contribution in [0.4, 0.5) is 15.8 Å². The van der Waals surface area contributed by atoms with Crippen LogP contribution in [-0.4, -0.2) is 18.0 Å². The third-order valence-electron chi connectivity index (χ3n) is 2.97. The van der Waals surface area contributed by atoms with E-state index in [1.807, 2.05) is 0 Å². The van der Waals surface area contributed by atoms with Crippen molar-refractivity contribution in [1.29, 1.82) is 0 Å². The van der Waals surface area contributed by atoms with Crippen LogP contribution in [0, 0.1) is 22.9 Å². The van der Waals surface area contributed by atoms with Gasteiger partial charge in [-0.15, -0.1) is 11.3 Å².